The van der Waals surface area contributed by atoms with Crippen molar-refractivity contribution < 1.29 is 39.5 Å². The van der Waals surface area contributed by atoms with Gasteiger partial charge in [-0.1, -0.05) is 6.07 Å². The molecule has 126 valence electrons. The third kappa shape index (κ3) is 4.83. The van der Waals surface area contributed by atoms with Gasteiger partial charge < -0.3 is 36.2 Å². The van der Waals surface area contributed by atoms with E-state index >= 15 is 0 Å². The van der Waals surface area contributed by atoms with Gasteiger partial charge in [0.15, 0.2) is 17.5 Å². The van der Waals surface area contributed by atoms with Crippen LogP contribution in [0.2, 0.25) is 0 Å². The fraction of sp³-hybridized carbons (Fsp3) is 0.308. The number of aromatic hydroxyl groups is 2. The monoisotopic (exact) mass is 328 g/mol. The van der Waals surface area contributed by atoms with E-state index in [0.29, 0.717) is 0 Å². The molecule has 0 bridgehead atoms. The first-order valence-electron chi connectivity index (χ1n) is 6.35. The fourth-order valence-electron chi connectivity index (χ4n) is 1.47. The number of ether oxygens (including phenoxy) is 1. The Labute approximate surface area is 130 Å². The van der Waals surface area contributed by atoms with Crippen molar-refractivity contribution in [3.05, 3.63) is 23.8 Å². The second-order valence-electron chi connectivity index (χ2n) is 4.46. The Bertz CT molecular complexity index is 604. The molecule has 0 unspecified atom stereocenters. The molecule has 0 heterocycles. The number of aliphatic carboxylic acids is 1. The lowest BCUT2D eigenvalue weighted by Crippen LogP contribution is -2.46. The Morgan fingerprint density at radius 3 is 2.48 bits per heavy atom. The maximum Gasteiger partial charge on any atom is 0.329 e. The van der Waals surface area contributed by atoms with Gasteiger partial charge in [0.25, 0.3) is 5.91 Å². The molecule has 1 aromatic carbocycles. The molecule has 0 aliphatic carbocycles. The van der Waals surface area contributed by atoms with Crippen LogP contribution in [0, 0.1) is 0 Å². The molecule has 23 heavy (non-hydrogen) atoms. The normalized spacial score (nSPS) is 13.0. The van der Waals surface area contributed by atoms with Crippen LogP contribution in [0.3, 0.4) is 0 Å². The number of esters is 1. The second-order valence-corrected chi connectivity index (χ2v) is 4.46. The van der Waals surface area contributed by atoms with E-state index in [9.17, 15) is 24.6 Å². The van der Waals surface area contributed by atoms with Crippen LogP contribution in [-0.2, 0) is 14.3 Å². The van der Waals surface area contributed by atoms with Crippen molar-refractivity contribution in [1.82, 2.24) is 5.32 Å². The number of hydrogen-bond donors (Lipinski definition) is 6. The van der Waals surface area contributed by atoms with Crippen LogP contribution in [0.5, 0.6) is 11.5 Å². The predicted molar refractivity (Wildman–Crippen MR) is 74.7 cm³/mol. The van der Waals surface area contributed by atoms with Gasteiger partial charge in [0, 0.05) is 0 Å². The highest BCUT2D eigenvalue weighted by Gasteiger charge is 2.25. The minimum atomic E-state index is -1.61. The number of benzene rings is 1. The zero-order chi connectivity index (χ0) is 17.6. The molecule has 1 rings (SSSR count). The van der Waals surface area contributed by atoms with E-state index in [1.54, 1.807) is 0 Å². The summed E-state index contributed by atoms with van der Waals surface area (Å²) in [4.78, 5) is 34.3. The third-order valence-electron chi connectivity index (χ3n) is 2.75. The quantitative estimate of drug-likeness (QED) is 0.247. The van der Waals surface area contributed by atoms with Crippen LogP contribution < -0.4 is 11.1 Å². The van der Waals surface area contributed by atoms with Crippen molar-refractivity contribution >= 4 is 17.8 Å². The molecule has 0 fully saturated rings. The lowest BCUT2D eigenvalue weighted by molar-refractivity contribution is -0.150. The van der Waals surface area contributed by atoms with Gasteiger partial charge in [0.1, 0.15) is 12.6 Å². The maximum absolute atomic E-state index is 11.9. The molecule has 1 amide bonds. The largest absolute Gasteiger partial charge is 0.504 e. The number of carbonyl (C=O) groups excluding carboxylic acids is 2. The minimum absolute atomic E-state index is 0.352. The summed E-state index contributed by atoms with van der Waals surface area (Å²) in [7, 11) is 0. The van der Waals surface area contributed by atoms with E-state index in [4.69, 9.17) is 15.9 Å². The lowest BCUT2D eigenvalue weighted by Gasteiger charge is -2.16. The number of rotatable bonds is 7. The highest BCUT2D eigenvalue weighted by atomic mass is 16.5. The summed E-state index contributed by atoms with van der Waals surface area (Å²) in [6.45, 7) is -1.41. The van der Waals surface area contributed by atoms with Crippen LogP contribution in [0.15, 0.2) is 18.2 Å². The van der Waals surface area contributed by atoms with Crippen LogP contribution in [-0.4, -0.2) is 63.6 Å². The molecule has 0 aromatic heterocycles. The van der Waals surface area contributed by atoms with Crippen LogP contribution in [0.4, 0.5) is 0 Å². The maximum atomic E-state index is 11.9. The molecular formula is C13H16N2O8. The summed E-state index contributed by atoms with van der Waals surface area (Å²) in [5.41, 5.74) is 4.84. The van der Waals surface area contributed by atoms with Gasteiger partial charge in [-0.15, -0.1) is 0 Å². The molecule has 10 heteroatoms. The molecule has 0 aliphatic heterocycles. The number of aliphatic hydroxyl groups excluding tert-OH is 1. The van der Waals surface area contributed by atoms with Crippen molar-refractivity contribution in [2.75, 3.05) is 13.2 Å². The van der Waals surface area contributed by atoms with Crippen LogP contribution in [0.25, 0.3) is 0 Å². The van der Waals surface area contributed by atoms with Gasteiger partial charge in [-0.2, -0.15) is 0 Å². The van der Waals surface area contributed by atoms with Crippen molar-refractivity contribution in [2.45, 2.75) is 12.1 Å². The summed E-state index contributed by atoms with van der Waals surface area (Å²) in [5.74, 6) is -4.79. The third-order valence-corrected chi connectivity index (χ3v) is 2.75. The summed E-state index contributed by atoms with van der Waals surface area (Å²) >= 11 is 0. The molecule has 2 atom stereocenters. The van der Waals surface area contributed by atoms with E-state index < -0.39 is 54.6 Å². The molecular weight excluding hydrogens is 312 g/mol. The van der Waals surface area contributed by atoms with Crippen molar-refractivity contribution in [3.8, 4) is 11.5 Å². The molecule has 7 N–H and O–H groups in total. The molecule has 0 radical (unpaired) electrons. The number of hydrogen-bond acceptors (Lipinski definition) is 8. The zero-order valence-corrected chi connectivity index (χ0v) is 11.8. The van der Waals surface area contributed by atoms with Gasteiger partial charge >= 0.3 is 11.9 Å². The minimum Gasteiger partial charge on any atom is -0.504 e. The first-order chi connectivity index (χ1) is 10.8. The summed E-state index contributed by atoms with van der Waals surface area (Å²) < 4.78 is 4.58. The summed E-state index contributed by atoms with van der Waals surface area (Å²) in [5, 5.41) is 38.6. The summed E-state index contributed by atoms with van der Waals surface area (Å²) in [6, 6.07) is 0.643. The Morgan fingerprint density at radius 2 is 1.91 bits per heavy atom. The number of nitrogens with two attached hydrogens (primary N) is 1. The molecule has 0 saturated carbocycles. The van der Waals surface area contributed by atoms with Crippen molar-refractivity contribution in [1.29, 1.82) is 0 Å². The molecule has 10 nitrogen and oxygen atoms in total. The number of carbonyl (C=O) groups is 3. The molecule has 0 spiro atoms. The number of nitrogens with one attached hydrogen (secondary N) is 1. The first kappa shape index (κ1) is 18.2. The van der Waals surface area contributed by atoms with Gasteiger partial charge in [-0.25, -0.2) is 4.79 Å². The van der Waals surface area contributed by atoms with Crippen molar-refractivity contribution in [3.63, 3.8) is 0 Å². The van der Waals surface area contributed by atoms with Gasteiger partial charge in [0.05, 0.1) is 12.2 Å². The second kappa shape index (κ2) is 7.96. The molecule has 1 aromatic rings. The standard InChI is InChI=1S/C13H16N2O8/c14-7(4-16)13(22)23-5-8(12(20)21)15-11(19)6-2-1-3-9(17)10(6)18/h1-3,7-8,16-18H,4-5,14H2,(H,15,19)(H,20,21)/t7-,8-/m0/s1. The topological polar surface area (TPSA) is 179 Å². The predicted octanol–water partition coefficient (Wildman–Crippen LogP) is -1.86. The Morgan fingerprint density at radius 1 is 1.26 bits per heavy atom. The van der Waals surface area contributed by atoms with Gasteiger partial charge in [-0.3, -0.25) is 9.59 Å². The van der Waals surface area contributed by atoms with E-state index in [2.05, 4.69) is 4.74 Å². The fourth-order valence-corrected chi connectivity index (χ4v) is 1.47. The highest BCUT2D eigenvalue weighted by Crippen LogP contribution is 2.27. The number of aliphatic hydroxyl groups is 1. The van der Waals surface area contributed by atoms with E-state index in [1.165, 1.54) is 6.07 Å². The van der Waals surface area contributed by atoms with E-state index in [1.807, 2.05) is 5.32 Å². The number of carboxylic acid groups (broad SMARTS) is 1. The SMILES string of the molecule is N[C@@H](CO)C(=O)OC[C@H](NC(=O)c1cccc(O)c1O)C(=O)O. The van der Waals surface area contributed by atoms with Crippen LogP contribution >= 0.6 is 0 Å². The smallest absolute Gasteiger partial charge is 0.329 e. The Hall–Kier alpha value is -2.85. The Balaban J connectivity index is 2.76. The first-order valence-corrected chi connectivity index (χ1v) is 6.35. The molecule has 0 saturated heterocycles. The number of para-hydroxylation sites is 1. The number of carboxylic acids is 1. The van der Waals surface area contributed by atoms with Gasteiger partial charge in [0.2, 0.25) is 0 Å². The summed E-state index contributed by atoms with van der Waals surface area (Å²) in [6.07, 6.45) is 0. The number of phenols is 2. The van der Waals surface area contributed by atoms with E-state index in [0.717, 1.165) is 12.1 Å². The van der Waals surface area contributed by atoms with Gasteiger partial charge in [-0.05, 0) is 12.1 Å². The average molecular weight is 328 g/mol. The van der Waals surface area contributed by atoms with Crippen LogP contribution in [0.1, 0.15) is 10.4 Å². The van der Waals surface area contributed by atoms with Crippen molar-refractivity contribution in [2.24, 2.45) is 5.73 Å². The molecule has 0 aliphatic rings. The average Bonchev–Trinajstić information content (AvgIpc) is 2.52. The zero-order valence-electron chi connectivity index (χ0n) is 11.8. The highest BCUT2D eigenvalue weighted by molar-refractivity contribution is 5.99. The number of amides is 1. The number of phenolic OH excluding ortho intramolecular Hbond substituents is 2. The van der Waals surface area contributed by atoms with E-state index in [-0.39, 0.29) is 5.56 Å². The lowest BCUT2D eigenvalue weighted by atomic mass is 10.1. The Kier molecular flexibility index (Phi) is 6.30.